The number of benzene rings is 1. The first-order chi connectivity index (χ1) is 10.2. The number of carbonyl (C=O) groups is 2. The van der Waals surface area contributed by atoms with Crippen LogP contribution in [0.4, 0.5) is 4.79 Å². The van der Waals surface area contributed by atoms with Gasteiger partial charge in [-0.1, -0.05) is 30.3 Å². The normalized spacial score (nSPS) is 15.0. The fourth-order valence-electron chi connectivity index (χ4n) is 1.96. The highest BCUT2D eigenvalue weighted by molar-refractivity contribution is 6.02. The first kappa shape index (κ1) is 13.0. The molecule has 1 N–H and O–H groups in total. The summed E-state index contributed by atoms with van der Waals surface area (Å²) in [5.74, 6) is -0.350. The van der Waals surface area contributed by atoms with Crippen molar-refractivity contribution in [3.63, 3.8) is 0 Å². The zero-order valence-corrected chi connectivity index (χ0v) is 11.1. The minimum atomic E-state index is -0.507. The maximum Gasteiger partial charge on any atom is 0.344 e. The van der Waals surface area contributed by atoms with Gasteiger partial charge in [-0.25, -0.2) is 9.80 Å². The molecule has 0 spiro atoms. The molecule has 1 aromatic heterocycles. The van der Waals surface area contributed by atoms with Gasteiger partial charge in [-0.05, 0) is 5.56 Å². The van der Waals surface area contributed by atoms with Crippen LogP contribution < -0.4 is 5.32 Å². The van der Waals surface area contributed by atoms with Gasteiger partial charge in [0.2, 0.25) is 5.91 Å². The summed E-state index contributed by atoms with van der Waals surface area (Å²) >= 11 is 0. The average molecular weight is 283 g/mol. The average Bonchev–Trinajstić information content (AvgIpc) is 3.04. The van der Waals surface area contributed by atoms with E-state index in [9.17, 15) is 9.59 Å². The molecule has 106 valence electrons. The molecule has 0 radical (unpaired) electrons. The van der Waals surface area contributed by atoms with Crippen LogP contribution in [-0.4, -0.2) is 39.5 Å². The van der Waals surface area contributed by atoms with Crippen LogP contribution >= 0.6 is 0 Å². The second kappa shape index (κ2) is 5.58. The Kier molecular flexibility index (Phi) is 3.46. The van der Waals surface area contributed by atoms with E-state index in [0.29, 0.717) is 6.54 Å². The Morgan fingerprint density at radius 2 is 2.10 bits per heavy atom. The molecule has 1 aliphatic heterocycles. The first-order valence-electron chi connectivity index (χ1n) is 6.42. The quantitative estimate of drug-likeness (QED) is 0.666. The number of hydrogen-bond donors (Lipinski definition) is 1. The van der Waals surface area contributed by atoms with Gasteiger partial charge in [-0.3, -0.25) is 14.8 Å². The van der Waals surface area contributed by atoms with Crippen LogP contribution in [0.3, 0.4) is 0 Å². The number of hydrazone groups is 1. The van der Waals surface area contributed by atoms with Gasteiger partial charge < -0.3 is 0 Å². The molecule has 21 heavy (non-hydrogen) atoms. The number of imide groups is 1. The fraction of sp³-hybridized carbons (Fsp3) is 0.143. The van der Waals surface area contributed by atoms with Gasteiger partial charge in [0.05, 0.1) is 19.0 Å². The van der Waals surface area contributed by atoms with Gasteiger partial charge in [-0.15, -0.1) is 0 Å². The number of amides is 3. The highest BCUT2D eigenvalue weighted by Gasteiger charge is 2.25. The van der Waals surface area contributed by atoms with E-state index in [2.05, 4.69) is 15.5 Å². The van der Waals surface area contributed by atoms with Crippen LogP contribution in [0.2, 0.25) is 0 Å². The van der Waals surface area contributed by atoms with Gasteiger partial charge in [0.1, 0.15) is 6.54 Å². The fourth-order valence-corrected chi connectivity index (χ4v) is 1.96. The van der Waals surface area contributed by atoms with E-state index in [0.717, 1.165) is 16.1 Å². The predicted molar refractivity (Wildman–Crippen MR) is 75.6 cm³/mol. The third-order valence-electron chi connectivity index (χ3n) is 2.96. The number of rotatable bonds is 4. The molecule has 2 heterocycles. The molecule has 0 aliphatic carbocycles. The Bertz CT molecular complexity index is 692. The zero-order chi connectivity index (χ0) is 14.7. The van der Waals surface area contributed by atoms with E-state index in [1.807, 2.05) is 36.5 Å². The molecular formula is C14H13N5O2. The number of hydrogen-bond acceptors (Lipinski definition) is 4. The number of carbonyl (C=O) groups excluding carboxylic acids is 2. The molecule has 3 rings (SSSR count). The summed E-state index contributed by atoms with van der Waals surface area (Å²) in [6.07, 6.45) is 4.99. The molecule has 0 saturated carbocycles. The summed E-state index contributed by atoms with van der Waals surface area (Å²) in [6.45, 7) is 0.616. The third-order valence-corrected chi connectivity index (χ3v) is 2.96. The van der Waals surface area contributed by atoms with Gasteiger partial charge >= 0.3 is 6.03 Å². The van der Waals surface area contributed by atoms with Crippen LogP contribution in [0.25, 0.3) is 0 Å². The first-order valence-corrected chi connectivity index (χ1v) is 6.42. The van der Waals surface area contributed by atoms with E-state index in [1.54, 1.807) is 10.9 Å². The van der Waals surface area contributed by atoms with Gasteiger partial charge in [0, 0.05) is 11.8 Å². The third kappa shape index (κ3) is 3.14. The topological polar surface area (TPSA) is 79.6 Å². The summed E-state index contributed by atoms with van der Waals surface area (Å²) in [6, 6.07) is 9.46. The molecule has 1 fully saturated rings. The molecule has 0 unspecified atom stereocenters. The van der Waals surface area contributed by atoms with Crippen molar-refractivity contribution in [1.29, 1.82) is 0 Å². The molecule has 1 aliphatic rings. The number of nitrogens with zero attached hydrogens (tertiary/aromatic N) is 4. The van der Waals surface area contributed by atoms with Crippen molar-refractivity contribution >= 4 is 18.2 Å². The van der Waals surface area contributed by atoms with Crippen molar-refractivity contribution < 1.29 is 9.59 Å². The van der Waals surface area contributed by atoms with Crippen molar-refractivity contribution in [3.05, 3.63) is 53.9 Å². The molecule has 7 nitrogen and oxygen atoms in total. The molecule has 1 aromatic carbocycles. The van der Waals surface area contributed by atoms with E-state index >= 15 is 0 Å². The van der Waals surface area contributed by atoms with Gasteiger partial charge in [-0.2, -0.15) is 10.2 Å². The van der Waals surface area contributed by atoms with Crippen molar-refractivity contribution in [1.82, 2.24) is 20.1 Å². The van der Waals surface area contributed by atoms with Crippen LogP contribution in [0.1, 0.15) is 11.1 Å². The lowest BCUT2D eigenvalue weighted by Gasteiger charge is -2.03. The maximum atomic E-state index is 11.3. The molecule has 7 heteroatoms. The Hall–Kier alpha value is -2.96. The highest BCUT2D eigenvalue weighted by Crippen LogP contribution is 2.04. The largest absolute Gasteiger partial charge is 0.344 e. The Balaban J connectivity index is 1.65. The SMILES string of the molecule is O=C1CN(/N=C\c2cnn(Cc3ccccc3)c2)C(=O)N1. The summed E-state index contributed by atoms with van der Waals surface area (Å²) < 4.78 is 1.78. The number of aromatic nitrogens is 2. The summed E-state index contributed by atoms with van der Waals surface area (Å²) in [5, 5.41) is 11.4. The van der Waals surface area contributed by atoms with Crippen molar-refractivity contribution in [2.75, 3.05) is 6.54 Å². The summed E-state index contributed by atoms with van der Waals surface area (Å²) in [7, 11) is 0. The van der Waals surface area contributed by atoms with Gasteiger partial charge in [0.15, 0.2) is 0 Å². The van der Waals surface area contributed by atoms with E-state index in [-0.39, 0.29) is 12.5 Å². The Morgan fingerprint density at radius 3 is 2.81 bits per heavy atom. The second-order valence-corrected chi connectivity index (χ2v) is 4.61. The van der Waals surface area contributed by atoms with Crippen molar-refractivity contribution in [2.45, 2.75) is 6.54 Å². The molecule has 3 amide bonds. The maximum absolute atomic E-state index is 11.3. The Labute approximate surface area is 120 Å². The molecule has 0 bridgehead atoms. The van der Waals surface area contributed by atoms with Crippen LogP contribution in [0, 0.1) is 0 Å². The second-order valence-electron chi connectivity index (χ2n) is 4.61. The molecule has 0 atom stereocenters. The summed E-state index contributed by atoms with van der Waals surface area (Å²) in [5.41, 5.74) is 1.91. The number of nitrogens with one attached hydrogen (secondary N) is 1. The minimum Gasteiger partial charge on any atom is -0.275 e. The van der Waals surface area contributed by atoms with Crippen LogP contribution in [0.5, 0.6) is 0 Å². The molecule has 1 saturated heterocycles. The lowest BCUT2D eigenvalue weighted by atomic mass is 10.2. The summed E-state index contributed by atoms with van der Waals surface area (Å²) in [4.78, 5) is 22.3. The van der Waals surface area contributed by atoms with Crippen molar-refractivity contribution in [2.24, 2.45) is 5.10 Å². The number of urea groups is 1. The highest BCUT2D eigenvalue weighted by atomic mass is 16.2. The molecular weight excluding hydrogens is 270 g/mol. The van der Waals surface area contributed by atoms with E-state index in [4.69, 9.17) is 0 Å². The van der Waals surface area contributed by atoms with Gasteiger partial charge in [0.25, 0.3) is 0 Å². The standard InChI is InChI=1S/C14H13N5O2/c20-13-10-19(14(21)17-13)16-7-12-6-15-18(9-12)8-11-4-2-1-3-5-11/h1-7,9H,8,10H2,(H,17,20,21)/b16-7-. The molecule has 2 aromatic rings. The monoisotopic (exact) mass is 283 g/mol. The van der Waals surface area contributed by atoms with E-state index < -0.39 is 6.03 Å². The van der Waals surface area contributed by atoms with Crippen LogP contribution in [-0.2, 0) is 11.3 Å². The minimum absolute atomic E-state index is 0.0481. The van der Waals surface area contributed by atoms with E-state index in [1.165, 1.54) is 6.21 Å². The van der Waals surface area contributed by atoms with Crippen LogP contribution in [0.15, 0.2) is 47.8 Å². The lowest BCUT2D eigenvalue weighted by Crippen LogP contribution is -2.24. The predicted octanol–water partition coefficient (Wildman–Crippen LogP) is 0.817. The lowest BCUT2D eigenvalue weighted by molar-refractivity contribution is -0.118. The smallest absolute Gasteiger partial charge is 0.275 e. The van der Waals surface area contributed by atoms with Crippen molar-refractivity contribution in [3.8, 4) is 0 Å². The Morgan fingerprint density at radius 1 is 1.29 bits per heavy atom. The zero-order valence-electron chi connectivity index (χ0n) is 11.1.